The Morgan fingerprint density at radius 2 is 2.03 bits per heavy atom. The zero-order chi connectivity index (χ0) is 23.9. The Hall–Kier alpha value is -3.16. The van der Waals surface area contributed by atoms with E-state index in [1.807, 2.05) is 0 Å². The van der Waals surface area contributed by atoms with Crippen LogP contribution in [0.4, 0.5) is 0 Å². The number of halogens is 2. The van der Waals surface area contributed by atoms with E-state index in [1.54, 1.807) is 31.2 Å². The van der Waals surface area contributed by atoms with E-state index in [1.165, 1.54) is 16.9 Å². The average Bonchev–Trinajstić information content (AvgIpc) is 3.28. The summed E-state index contributed by atoms with van der Waals surface area (Å²) in [6.45, 7) is 2.85. The third kappa shape index (κ3) is 4.03. The van der Waals surface area contributed by atoms with Crippen molar-refractivity contribution in [2.24, 2.45) is 0 Å². The van der Waals surface area contributed by atoms with Gasteiger partial charge in [-0.25, -0.2) is 14.5 Å². The second kappa shape index (κ2) is 8.65. The first kappa shape index (κ1) is 23.0. The molecule has 1 aliphatic heterocycles. The van der Waals surface area contributed by atoms with Gasteiger partial charge in [0.05, 0.1) is 22.2 Å². The smallest absolute Gasteiger partial charge is 0.340 e. The molecule has 4 rings (SSSR count). The molecule has 3 aromatic rings. The summed E-state index contributed by atoms with van der Waals surface area (Å²) < 4.78 is 17.7. The molecule has 11 heteroatoms. The summed E-state index contributed by atoms with van der Waals surface area (Å²) >= 11 is 12.2. The SMILES string of the molecule is C#C[C@]1(O)[C@@H](OC(=O)c2ccccc2C)O[C@@H](n2ncc3c(Cl)cc(Cl)nc32)[C@@H]1OC(C)=O. The summed E-state index contributed by atoms with van der Waals surface area (Å²) in [7, 11) is 0. The number of terminal acetylenes is 1. The predicted octanol–water partition coefficient (Wildman–Crippen LogP) is 3.05. The second-order valence-electron chi connectivity index (χ2n) is 7.33. The topological polar surface area (TPSA) is 113 Å². The van der Waals surface area contributed by atoms with Crippen LogP contribution in [0.1, 0.15) is 29.1 Å². The van der Waals surface area contributed by atoms with Crippen molar-refractivity contribution in [2.75, 3.05) is 0 Å². The fraction of sp³-hybridized carbons (Fsp3) is 0.273. The third-order valence-corrected chi connectivity index (χ3v) is 5.65. The van der Waals surface area contributed by atoms with E-state index in [4.69, 9.17) is 43.8 Å². The van der Waals surface area contributed by atoms with Crippen LogP contribution in [0.25, 0.3) is 11.0 Å². The number of rotatable bonds is 4. The summed E-state index contributed by atoms with van der Waals surface area (Å²) in [5, 5.41) is 16.2. The minimum absolute atomic E-state index is 0.0750. The Labute approximate surface area is 198 Å². The van der Waals surface area contributed by atoms with Crippen LogP contribution >= 0.6 is 23.2 Å². The van der Waals surface area contributed by atoms with Gasteiger partial charge in [0, 0.05) is 6.92 Å². The van der Waals surface area contributed by atoms with Crippen molar-refractivity contribution in [1.82, 2.24) is 14.8 Å². The maximum Gasteiger partial charge on any atom is 0.340 e. The van der Waals surface area contributed by atoms with Gasteiger partial charge in [-0.1, -0.05) is 47.3 Å². The second-order valence-corrected chi connectivity index (χ2v) is 8.13. The quantitative estimate of drug-likeness (QED) is 0.338. The molecule has 4 atom stereocenters. The van der Waals surface area contributed by atoms with Gasteiger partial charge in [-0.3, -0.25) is 4.79 Å². The molecule has 0 spiro atoms. The summed E-state index contributed by atoms with van der Waals surface area (Å²) in [6, 6.07) is 8.12. The largest absolute Gasteiger partial charge is 0.453 e. The van der Waals surface area contributed by atoms with Crippen LogP contribution in [0.15, 0.2) is 36.5 Å². The van der Waals surface area contributed by atoms with Gasteiger partial charge in [0.25, 0.3) is 0 Å². The van der Waals surface area contributed by atoms with Gasteiger partial charge in [0.15, 0.2) is 18.0 Å². The fourth-order valence-electron chi connectivity index (χ4n) is 3.53. The van der Waals surface area contributed by atoms with E-state index < -0.39 is 36.2 Å². The Morgan fingerprint density at radius 3 is 2.70 bits per heavy atom. The van der Waals surface area contributed by atoms with E-state index in [9.17, 15) is 14.7 Å². The van der Waals surface area contributed by atoms with Crippen molar-refractivity contribution in [3.05, 3.63) is 57.8 Å². The van der Waals surface area contributed by atoms with E-state index in [-0.39, 0.29) is 21.4 Å². The molecule has 0 radical (unpaired) electrons. The molecular formula is C22H17Cl2N3O6. The normalized spacial score (nSPS) is 24.4. The molecule has 0 unspecified atom stereocenters. The minimum Gasteiger partial charge on any atom is -0.453 e. The summed E-state index contributed by atoms with van der Waals surface area (Å²) in [5.74, 6) is 0.598. The number of ether oxygens (including phenoxy) is 3. The van der Waals surface area contributed by atoms with Crippen LogP contribution in [-0.4, -0.2) is 49.8 Å². The summed E-state index contributed by atoms with van der Waals surface area (Å²) in [5.41, 5.74) is -1.27. The van der Waals surface area contributed by atoms with Gasteiger partial charge in [0.2, 0.25) is 11.9 Å². The van der Waals surface area contributed by atoms with Gasteiger partial charge >= 0.3 is 11.9 Å². The molecule has 0 bridgehead atoms. The number of carbonyl (C=O) groups excluding carboxylic acids is 2. The fourth-order valence-corrected chi connectivity index (χ4v) is 4.02. The predicted molar refractivity (Wildman–Crippen MR) is 117 cm³/mol. The monoisotopic (exact) mass is 489 g/mol. The summed E-state index contributed by atoms with van der Waals surface area (Å²) in [4.78, 5) is 28.8. The van der Waals surface area contributed by atoms with E-state index in [2.05, 4.69) is 16.0 Å². The standard InChI is InChI=1S/C22H17Cl2N3O6/c1-4-22(30)17(31-12(3)28)19(27-18-14(10-25-27)15(23)9-16(24)26-18)32-21(22)33-20(29)13-8-6-5-7-11(13)2/h1,5-10,17,19,21,30H,2-3H3/t17-,19+,21+,22+/m0/s1. The number of benzene rings is 1. The zero-order valence-electron chi connectivity index (χ0n) is 17.4. The molecule has 33 heavy (non-hydrogen) atoms. The molecule has 9 nitrogen and oxygen atoms in total. The van der Waals surface area contributed by atoms with Crippen molar-refractivity contribution in [1.29, 1.82) is 0 Å². The molecule has 0 aliphatic carbocycles. The average molecular weight is 490 g/mol. The molecule has 3 heterocycles. The molecule has 0 amide bonds. The Kier molecular flexibility index (Phi) is 6.03. The molecular weight excluding hydrogens is 473 g/mol. The number of carbonyl (C=O) groups is 2. The van der Waals surface area contributed by atoms with E-state index in [0.717, 1.165) is 6.92 Å². The highest BCUT2D eigenvalue weighted by Gasteiger charge is 2.61. The van der Waals surface area contributed by atoms with E-state index in [0.29, 0.717) is 10.9 Å². The zero-order valence-corrected chi connectivity index (χ0v) is 18.9. The Bertz CT molecular complexity index is 1300. The number of nitrogens with zero attached hydrogens (tertiary/aromatic N) is 3. The molecule has 1 aliphatic rings. The van der Waals surface area contributed by atoms with Gasteiger partial charge in [-0.2, -0.15) is 5.10 Å². The van der Waals surface area contributed by atoms with Crippen molar-refractivity contribution in [3.63, 3.8) is 0 Å². The molecule has 1 fully saturated rings. The van der Waals surface area contributed by atoms with Crippen molar-refractivity contribution in [2.45, 2.75) is 38.1 Å². The lowest BCUT2D eigenvalue weighted by atomic mass is 9.98. The van der Waals surface area contributed by atoms with Gasteiger partial charge in [-0.15, -0.1) is 6.42 Å². The number of pyridine rings is 1. The number of aliphatic hydroxyl groups is 1. The first-order chi connectivity index (χ1) is 15.7. The van der Waals surface area contributed by atoms with E-state index >= 15 is 0 Å². The number of fused-ring (bicyclic) bond motifs is 1. The van der Waals surface area contributed by atoms with Crippen LogP contribution in [0.5, 0.6) is 0 Å². The molecule has 1 aromatic carbocycles. The lowest BCUT2D eigenvalue weighted by Crippen LogP contribution is -2.50. The highest BCUT2D eigenvalue weighted by Crippen LogP contribution is 2.41. The maximum absolute atomic E-state index is 12.8. The van der Waals surface area contributed by atoms with Crippen molar-refractivity contribution in [3.8, 4) is 12.3 Å². The maximum atomic E-state index is 12.8. The Balaban J connectivity index is 1.77. The van der Waals surface area contributed by atoms with Crippen LogP contribution in [0.3, 0.4) is 0 Å². The number of hydrogen-bond acceptors (Lipinski definition) is 8. The highest BCUT2D eigenvalue weighted by atomic mass is 35.5. The lowest BCUT2D eigenvalue weighted by Gasteiger charge is -2.27. The first-order valence-corrected chi connectivity index (χ1v) is 10.4. The number of aromatic nitrogens is 3. The van der Waals surface area contributed by atoms with Crippen LogP contribution in [0.2, 0.25) is 10.2 Å². The van der Waals surface area contributed by atoms with Crippen molar-refractivity contribution >= 4 is 46.2 Å². The Morgan fingerprint density at radius 1 is 1.30 bits per heavy atom. The third-order valence-electron chi connectivity index (χ3n) is 5.14. The molecule has 170 valence electrons. The molecule has 1 saturated heterocycles. The minimum atomic E-state index is -2.34. The number of hydrogen-bond donors (Lipinski definition) is 1. The van der Waals surface area contributed by atoms with Gasteiger partial charge in [0.1, 0.15) is 5.15 Å². The van der Waals surface area contributed by atoms with Gasteiger partial charge < -0.3 is 19.3 Å². The van der Waals surface area contributed by atoms with Crippen LogP contribution < -0.4 is 0 Å². The molecule has 0 saturated carbocycles. The van der Waals surface area contributed by atoms with Crippen LogP contribution in [-0.2, 0) is 19.0 Å². The van der Waals surface area contributed by atoms with Gasteiger partial charge in [-0.05, 0) is 24.6 Å². The highest BCUT2D eigenvalue weighted by molar-refractivity contribution is 6.37. The lowest BCUT2D eigenvalue weighted by molar-refractivity contribution is -0.166. The van der Waals surface area contributed by atoms with Crippen molar-refractivity contribution < 1.29 is 28.9 Å². The first-order valence-electron chi connectivity index (χ1n) is 9.64. The number of esters is 2. The number of aryl methyl sites for hydroxylation is 1. The molecule has 2 aromatic heterocycles. The van der Waals surface area contributed by atoms with Crippen LogP contribution in [0, 0.1) is 19.3 Å². The summed E-state index contributed by atoms with van der Waals surface area (Å²) in [6.07, 6.45) is 2.48. The molecule has 1 N–H and O–H groups in total.